The standard InChI is InChI=1S/C30H32N4O4S/c1-16-7-5-8-20(11-16)28-27(33-19(4)39-28)29(35)34-15-21-12-17(2)13-22(21)23(34)14-31-30(36)38-25-10-6-9-24-26(25)32-18(3)37-24/h5-11,17,21-23H,12-15H2,1-4H3,(H,31,36)/t17?,21-,22-,23+/m0/s1. The van der Waals surface area contributed by atoms with Crippen LogP contribution in [0.3, 0.4) is 0 Å². The van der Waals surface area contributed by atoms with Crippen LogP contribution in [0.15, 0.2) is 46.9 Å². The molecule has 1 N–H and O–H groups in total. The molecule has 2 amide bonds. The fourth-order valence-electron chi connectivity index (χ4n) is 6.37. The second-order valence-corrected chi connectivity index (χ2v) is 12.1. The number of carbonyl (C=O) groups is 2. The van der Waals surface area contributed by atoms with Crippen molar-refractivity contribution in [1.29, 1.82) is 0 Å². The number of oxazole rings is 1. The van der Waals surface area contributed by atoms with Gasteiger partial charge in [0.05, 0.1) is 15.9 Å². The fourth-order valence-corrected chi connectivity index (χ4v) is 7.28. The summed E-state index contributed by atoms with van der Waals surface area (Å²) in [5, 5.41) is 3.80. The summed E-state index contributed by atoms with van der Waals surface area (Å²) in [7, 11) is 0. The highest BCUT2D eigenvalue weighted by Gasteiger charge is 2.48. The summed E-state index contributed by atoms with van der Waals surface area (Å²) >= 11 is 1.55. The lowest BCUT2D eigenvalue weighted by Gasteiger charge is -2.28. The molecule has 4 aromatic rings. The van der Waals surface area contributed by atoms with Gasteiger partial charge in [0, 0.05) is 20.0 Å². The molecule has 4 atom stereocenters. The van der Waals surface area contributed by atoms with E-state index in [2.05, 4.69) is 28.3 Å². The first-order valence-corrected chi connectivity index (χ1v) is 14.3. The minimum absolute atomic E-state index is 0.0686. The van der Waals surface area contributed by atoms with E-state index in [1.165, 1.54) is 0 Å². The van der Waals surface area contributed by atoms with E-state index in [0.29, 0.717) is 59.3 Å². The number of nitrogens with zero attached hydrogens (tertiary/aromatic N) is 3. The van der Waals surface area contributed by atoms with Gasteiger partial charge in [-0.1, -0.05) is 42.8 Å². The number of para-hydroxylation sites is 1. The van der Waals surface area contributed by atoms with Crippen molar-refractivity contribution in [2.24, 2.45) is 17.8 Å². The van der Waals surface area contributed by atoms with E-state index in [-0.39, 0.29) is 11.9 Å². The predicted octanol–water partition coefficient (Wildman–Crippen LogP) is 6.15. The molecule has 1 aliphatic carbocycles. The first-order valence-electron chi connectivity index (χ1n) is 13.4. The van der Waals surface area contributed by atoms with Gasteiger partial charge in [0.2, 0.25) is 0 Å². The lowest BCUT2D eigenvalue weighted by atomic mass is 9.93. The topological polar surface area (TPSA) is 97.6 Å². The maximum Gasteiger partial charge on any atom is 0.412 e. The monoisotopic (exact) mass is 544 g/mol. The molecular weight excluding hydrogens is 512 g/mol. The van der Waals surface area contributed by atoms with E-state index in [1.807, 2.05) is 36.9 Å². The third kappa shape index (κ3) is 4.91. The highest BCUT2D eigenvalue weighted by molar-refractivity contribution is 7.15. The second-order valence-electron chi connectivity index (χ2n) is 10.9. The predicted molar refractivity (Wildman–Crippen MR) is 150 cm³/mol. The number of rotatable bonds is 5. The normalized spacial score (nSPS) is 22.3. The first kappa shape index (κ1) is 25.6. The van der Waals surface area contributed by atoms with Gasteiger partial charge in [-0.25, -0.2) is 14.8 Å². The SMILES string of the molecule is Cc1cccc(-c2sc(C)nc2C(=O)N2C[C@@H]3CC(C)C[C@@H]3[C@H]2CNC(=O)Oc2cccc3oc(C)nc23)c1. The quantitative estimate of drug-likeness (QED) is 0.324. The van der Waals surface area contributed by atoms with Crippen molar-refractivity contribution in [2.45, 2.75) is 46.6 Å². The van der Waals surface area contributed by atoms with Crippen LogP contribution in [-0.2, 0) is 0 Å². The summed E-state index contributed by atoms with van der Waals surface area (Å²) in [6.45, 7) is 9.00. The van der Waals surface area contributed by atoms with E-state index in [0.717, 1.165) is 33.9 Å². The third-order valence-electron chi connectivity index (χ3n) is 7.94. The third-order valence-corrected chi connectivity index (χ3v) is 8.96. The van der Waals surface area contributed by atoms with Crippen LogP contribution < -0.4 is 10.1 Å². The van der Waals surface area contributed by atoms with E-state index >= 15 is 0 Å². The summed E-state index contributed by atoms with van der Waals surface area (Å²) in [6.07, 6.45) is 1.55. The maximum atomic E-state index is 14.1. The molecule has 1 saturated heterocycles. The van der Waals surface area contributed by atoms with Gasteiger partial charge < -0.3 is 19.4 Å². The van der Waals surface area contributed by atoms with Crippen molar-refractivity contribution in [3.05, 3.63) is 64.6 Å². The van der Waals surface area contributed by atoms with Gasteiger partial charge in [0.25, 0.3) is 5.91 Å². The Morgan fingerprint density at radius 2 is 1.95 bits per heavy atom. The van der Waals surface area contributed by atoms with Crippen molar-refractivity contribution in [3.63, 3.8) is 0 Å². The summed E-state index contributed by atoms with van der Waals surface area (Å²) in [5.74, 6) is 2.12. The van der Waals surface area contributed by atoms with Gasteiger partial charge in [-0.15, -0.1) is 11.3 Å². The number of likely N-dealkylation sites (tertiary alicyclic amines) is 1. The maximum absolute atomic E-state index is 14.1. The summed E-state index contributed by atoms with van der Waals surface area (Å²) in [5.41, 5.74) is 3.72. The van der Waals surface area contributed by atoms with Crippen LogP contribution in [0.1, 0.15) is 46.7 Å². The van der Waals surface area contributed by atoms with Crippen LogP contribution >= 0.6 is 11.3 Å². The van der Waals surface area contributed by atoms with Gasteiger partial charge in [0.15, 0.2) is 22.7 Å². The van der Waals surface area contributed by atoms with E-state index in [9.17, 15) is 9.59 Å². The molecule has 2 aliphatic rings. The fraction of sp³-hybridized carbons (Fsp3) is 0.400. The minimum atomic E-state index is -0.574. The second kappa shape index (κ2) is 10.1. The average Bonchev–Trinajstić information content (AvgIpc) is 3.64. The van der Waals surface area contributed by atoms with Crippen molar-refractivity contribution in [3.8, 4) is 16.2 Å². The van der Waals surface area contributed by atoms with Crippen LogP contribution in [0, 0.1) is 38.5 Å². The van der Waals surface area contributed by atoms with Crippen LogP contribution in [0.5, 0.6) is 5.75 Å². The van der Waals surface area contributed by atoms with Gasteiger partial charge in [-0.05, 0) is 62.1 Å². The number of aryl methyl sites for hydroxylation is 3. The highest BCUT2D eigenvalue weighted by atomic mass is 32.1. The number of nitrogens with one attached hydrogen (secondary N) is 1. The van der Waals surface area contributed by atoms with Gasteiger partial charge >= 0.3 is 6.09 Å². The van der Waals surface area contributed by atoms with Crippen LogP contribution in [0.4, 0.5) is 4.79 Å². The lowest BCUT2D eigenvalue weighted by Crippen LogP contribution is -2.46. The number of benzene rings is 2. The van der Waals surface area contributed by atoms with Crippen LogP contribution in [-0.4, -0.2) is 46.0 Å². The molecule has 2 aromatic carbocycles. The van der Waals surface area contributed by atoms with Gasteiger partial charge in [-0.2, -0.15) is 0 Å². The molecule has 8 nitrogen and oxygen atoms in total. The zero-order chi connectivity index (χ0) is 27.3. The molecule has 2 fully saturated rings. The molecule has 1 unspecified atom stereocenters. The van der Waals surface area contributed by atoms with Gasteiger partial charge in [0.1, 0.15) is 5.69 Å². The van der Waals surface area contributed by atoms with Crippen molar-refractivity contribution >= 4 is 34.4 Å². The average molecular weight is 545 g/mol. The molecule has 9 heteroatoms. The Hall–Kier alpha value is -3.72. The minimum Gasteiger partial charge on any atom is -0.441 e. The number of hydrogen-bond donors (Lipinski definition) is 1. The Morgan fingerprint density at radius 1 is 1.13 bits per heavy atom. The number of aromatic nitrogens is 2. The lowest BCUT2D eigenvalue weighted by molar-refractivity contribution is 0.0702. The summed E-state index contributed by atoms with van der Waals surface area (Å²) in [4.78, 5) is 38.8. The molecule has 0 radical (unpaired) electrons. The Kier molecular flexibility index (Phi) is 6.62. The number of thiazole rings is 1. The molecular formula is C30H32N4O4S. The highest BCUT2D eigenvalue weighted by Crippen LogP contribution is 2.46. The number of amides is 2. The number of carbonyl (C=O) groups excluding carboxylic acids is 2. The van der Waals surface area contributed by atoms with E-state index in [1.54, 1.807) is 36.5 Å². The zero-order valence-electron chi connectivity index (χ0n) is 22.6. The Balaban J connectivity index is 1.23. The Bertz CT molecular complexity index is 1560. The molecule has 2 aromatic heterocycles. The van der Waals surface area contributed by atoms with E-state index in [4.69, 9.17) is 9.15 Å². The van der Waals surface area contributed by atoms with Crippen LogP contribution in [0.25, 0.3) is 21.5 Å². The summed E-state index contributed by atoms with van der Waals surface area (Å²) < 4.78 is 11.2. The molecule has 202 valence electrons. The number of ether oxygens (including phenoxy) is 1. The molecule has 3 heterocycles. The van der Waals surface area contributed by atoms with E-state index < -0.39 is 6.09 Å². The van der Waals surface area contributed by atoms with Gasteiger partial charge in [-0.3, -0.25) is 4.79 Å². The molecule has 1 aliphatic heterocycles. The van der Waals surface area contributed by atoms with Crippen molar-refractivity contribution in [2.75, 3.05) is 13.1 Å². The first-order chi connectivity index (χ1) is 18.8. The van der Waals surface area contributed by atoms with Crippen molar-refractivity contribution < 1.29 is 18.7 Å². The smallest absolute Gasteiger partial charge is 0.412 e. The number of hydrogen-bond acceptors (Lipinski definition) is 7. The summed E-state index contributed by atoms with van der Waals surface area (Å²) in [6, 6.07) is 13.3. The molecule has 1 saturated carbocycles. The molecule has 39 heavy (non-hydrogen) atoms. The number of fused-ring (bicyclic) bond motifs is 2. The van der Waals surface area contributed by atoms with Crippen molar-refractivity contribution in [1.82, 2.24) is 20.2 Å². The Morgan fingerprint density at radius 3 is 2.77 bits per heavy atom. The molecule has 0 bridgehead atoms. The largest absolute Gasteiger partial charge is 0.441 e. The molecule has 6 rings (SSSR count). The zero-order valence-corrected chi connectivity index (χ0v) is 23.4. The Labute approximate surface area is 231 Å². The van der Waals surface area contributed by atoms with Crippen LogP contribution in [0.2, 0.25) is 0 Å². The molecule has 0 spiro atoms.